The van der Waals surface area contributed by atoms with E-state index in [0.717, 1.165) is 0 Å². The SMILES string of the molecule is O=C(O)CCNC1CCC2(CCCC2)CC1. The second-order valence-corrected chi connectivity index (χ2v) is 5.58. The quantitative estimate of drug-likeness (QED) is 0.773. The van der Waals surface area contributed by atoms with E-state index in [-0.39, 0.29) is 6.42 Å². The van der Waals surface area contributed by atoms with E-state index >= 15 is 0 Å². The van der Waals surface area contributed by atoms with Crippen LogP contribution in [0.1, 0.15) is 57.8 Å². The van der Waals surface area contributed by atoms with Crippen molar-refractivity contribution in [3.8, 4) is 0 Å². The number of hydrogen-bond acceptors (Lipinski definition) is 2. The van der Waals surface area contributed by atoms with Crippen molar-refractivity contribution in [3.05, 3.63) is 0 Å². The molecule has 2 aliphatic rings. The Morgan fingerprint density at radius 1 is 1.19 bits per heavy atom. The molecule has 0 heterocycles. The van der Waals surface area contributed by atoms with Crippen LogP contribution >= 0.6 is 0 Å². The van der Waals surface area contributed by atoms with E-state index in [1.54, 1.807) is 0 Å². The van der Waals surface area contributed by atoms with E-state index in [2.05, 4.69) is 5.32 Å². The summed E-state index contributed by atoms with van der Waals surface area (Å²) in [6.45, 7) is 0.632. The van der Waals surface area contributed by atoms with E-state index in [0.29, 0.717) is 18.0 Å². The molecule has 1 spiro atoms. The van der Waals surface area contributed by atoms with E-state index < -0.39 is 5.97 Å². The van der Waals surface area contributed by atoms with Crippen molar-refractivity contribution in [2.45, 2.75) is 63.8 Å². The Bertz CT molecular complexity index is 236. The van der Waals surface area contributed by atoms with Crippen LogP contribution in [0.15, 0.2) is 0 Å². The van der Waals surface area contributed by atoms with Gasteiger partial charge >= 0.3 is 5.97 Å². The standard InChI is InChI=1S/C13H23NO2/c15-12(16)5-10-14-11-3-8-13(9-4-11)6-1-2-7-13/h11,14H,1-10H2,(H,15,16). The molecule has 0 saturated heterocycles. The summed E-state index contributed by atoms with van der Waals surface area (Å²) in [6, 6.07) is 0.575. The maximum atomic E-state index is 10.4. The number of rotatable bonds is 4. The number of aliphatic carboxylic acids is 1. The van der Waals surface area contributed by atoms with Crippen LogP contribution in [-0.4, -0.2) is 23.7 Å². The molecule has 16 heavy (non-hydrogen) atoms. The zero-order valence-corrected chi connectivity index (χ0v) is 10.0. The molecule has 2 fully saturated rings. The number of carboxylic acid groups (broad SMARTS) is 1. The molecule has 92 valence electrons. The molecule has 0 aromatic heterocycles. The maximum absolute atomic E-state index is 10.4. The molecule has 0 aliphatic heterocycles. The largest absolute Gasteiger partial charge is 0.481 e. The Labute approximate surface area is 97.6 Å². The van der Waals surface area contributed by atoms with Crippen molar-refractivity contribution in [3.63, 3.8) is 0 Å². The Hall–Kier alpha value is -0.570. The first-order valence-electron chi connectivity index (χ1n) is 6.65. The van der Waals surface area contributed by atoms with Crippen molar-refractivity contribution < 1.29 is 9.90 Å². The maximum Gasteiger partial charge on any atom is 0.304 e. The Balaban J connectivity index is 1.67. The van der Waals surface area contributed by atoms with Gasteiger partial charge in [-0.25, -0.2) is 0 Å². The summed E-state index contributed by atoms with van der Waals surface area (Å²) in [5.74, 6) is -0.699. The van der Waals surface area contributed by atoms with Gasteiger partial charge < -0.3 is 10.4 Å². The topological polar surface area (TPSA) is 49.3 Å². The molecule has 0 unspecified atom stereocenters. The average Bonchev–Trinajstić information content (AvgIpc) is 2.70. The van der Waals surface area contributed by atoms with Gasteiger partial charge in [0.15, 0.2) is 0 Å². The third kappa shape index (κ3) is 2.97. The van der Waals surface area contributed by atoms with Crippen LogP contribution in [-0.2, 0) is 4.79 Å². The Morgan fingerprint density at radius 3 is 2.38 bits per heavy atom. The molecule has 2 rings (SSSR count). The lowest BCUT2D eigenvalue weighted by molar-refractivity contribution is -0.136. The number of nitrogens with one attached hydrogen (secondary N) is 1. The van der Waals surface area contributed by atoms with Crippen LogP contribution in [0.4, 0.5) is 0 Å². The molecular formula is C13H23NO2. The fraction of sp³-hybridized carbons (Fsp3) is 0.923. The van der Waals surface area contributed by atoms with Gasteiger partial charge in [-0.2, -0.15) is 0 Å². The lowest BCUT2D eigenvalue weighted by Crippen LogP contribution is -2.37. The highest BCUT2D eigenvalue weighted by atomic mass is 16.4. The van der Waals surface area contributed by atoms with Crippen molar-refractivity contribution in [1.82, 2.24) is 5.32 Å². The fourth-order valence-electron chi connectivity index (χ4n) is 3.44. The molecule has 0 aromatic rings. The lowest BCUT2D eigenvalue weighted by Gasteiger charge is -2.37. The van der Waals surface area contributed by atoms with Gasteiger partial charge in [-0.05, 0) is 43.9 Å². The molecule has 0 radical (unpaired) electrons. The predicted octanol–water partition coefficient (Wildman–Crippen LogP) is 2.55. The summed E-state index contributed by atoms with van der Waals surface area (Å²) in [4.78, 5) is 10.4. The predicted molar refractivity (Wildman–Crippen MR) is 63.4 cm³/mol. The molecule has 0 aromatic carbocycles. The Kier molecular flexibility index (Phi) is 3.85. The van der Waals surface area contributed by atoms with Gasteiger partial charge in [0.25, 0.3) is 0 Å². The Morgan fingerprint density at radius 2 is 1.81 bits per heavy atom. The van der Waals surface area contributed by atoms with Gasteiger partial charge in [0.2, 0.25) is 0 Å². The van der Waals surface area contributed by atoms with Crippen LogP contribution in [0.2, 0.25) is 0 Å². The highest BCUT2D eigenvalue weighted by Gasteiger charge is 2.37. The lowest BCUT2D eigenvalue weighted by atomic mass is 9.71. The molecule has 0 atom stereocenters. The molecule has 2 aliphatic carbocycles. The van der Waals surface area contributed by atoms with Crippen LogP contribution in [0.5, 0.6) is 0 Å². The number of carbonyl (C=O) groups is 1. The first-order chi connectivity index (χ1) is 7.70. The minimum absolute atomic E-state index is 0.252. The minimum Gasteiger partial charge on any atom is -0.481 e. The summed E-state index contributed by atoms with van der Waals surface area (Å²) in [5.41, 5.74) is 0.685. The van der Waals surface area contributed by atoms with Crippen molar-refractivity contribution in [1.29, 1.82) is 0 Å². The van der Waals surface area contributed by atoms with Gasteiger partial charge in [0.1, 0.15) is 0 Å². The summed E-state index contributed by atoms with van der Waals surface area (Å²) in [6.07, 6.45) is 11.2. The molecule has 2 N–H and O–H groups in total. The van der Waals surface area contributed by atoms with Gasteiger partial charge in [0, 0.05) is 12.6 Å². The third-order valence-electron chi connectivity index (χ3n) is 4.48. The van der Waals surface area contributed by atoms with Crippen LogP contribution in [0.25, 0.3) is 0 Å². The van der Waals surface area contributed by atoms with Gasteiger partial charge in [-0.3, -0.25) is 4.79 Å². The monoisotopic (exact) mass is 225 g/mol. The molecule has 0 bridgehead atoms. The number of hydrogen-bond donors (Lipinski definition) is 2. The zero-order chi connectivity index (χ0) is 11.4. The average molecular weight is 225 g/mol. The summed E-state index contributed by atoms with van der Waals surface area (Å²) >= 11 is 0. The van der Waals surface area contributed by atoms with Crippen LogP contribution < -0.4 is 5.32 Å². The third-order valence-corrected chi connectivity index (χ3v) is 4.48. The molecular weight excluding hydrogens is 202 g/mol. The summed E-state index contributed by atoms with van der Waals surface area (Å²) < 4.78 is 0. The van der Waals surface area contributed by atoms with Crippen LogP contribution in [0, 0.1) is 5.41 Å². The first kappa shape index (κ1) is 11.9. The van der Waals surface area contributed by atoms with Crippen LogP contribution in [0.3, 0.4) is 0 Å². The van der Waals surface area contributed by atoms with Gasteiger partial charge in [0.05, 0.1) is 6.42 Å². The first-order valence-corrected chi connectivity index (χ1v) is 6.65. The second kappa shape index (κ2) is 5.17. The number of carboxylic acids is 1. The second-order valence-electron chi connectivity index (χ2n) is 5.58. The fourth-order valence-corrected chi connectivity index (χ4v) is 3.44. The van der Waals surface area contributed by atoms with E-state index in [1.807, 2.05) is 0 Å². The van der Waals surface area contributed by atoms with Crippen molar-refractivity contribution in [2.24, 2.45) is 5.41 Å². The summed E-state index contributed by atoms with van der Waals surface area (Å²) in [7, 11) is 0. The zero-order valence-electron chi connectivity index (χ0n) is 10.0. The van der Waals surface area contributed by atoms with E-state index in [9.17, 15) is 4.79 Å². The minimum atomic E-state index is -0.699. The highest BCUT2D eigenvalue weighted by Crippen LogP contribution is 2.48. The molecule has 2 saturated carbocycles. The van der Waals surface area contributed by atoms with Gasteiger partial charge in [-0.1, -0.05) is 12.8 Å². The molecule has 3 nitrogen and oxygen atoms in total. The molecule has 3 heteroatoms. The smallest absolute Gasteiger partial charge is 0.304 e. The van der Waals surface area contributed by atoms with Gasteiger partial charge in [-0.15, -0.1) is 0 Å². The van der Waals surface area contributed by atoms with E-state index in [1.165, 1.54) is 51.4 Å². The normalized spacial score (nSPS) is 25.0. The highest BCUT2D eigenvalue weighted by molar-refractivity contribution is 5.66. The van der Waals surface area contributed by atoms with Crippen molar-refractivity contribution >= 4 is 5.97 Å². The van der Waals surface area contributed by atoms with Crippen molar-refractivity contribution in [2.75, 3.05) is 6.54 Å². The van der Waals surface area contributed by atoms with E-state index in [4.69, 9.17) is 5.11 Å². The molecule has 0 amide bonds. The summed E-state index contributed by atoms with van der Waals surface area (Å²) in [5, 5.41) is 11.9.